The number of benzene rings is 1. The van der Waals surface area contributed by atoms with Crippen LogP contribution < -0.4 is 5.32 Å². The van der Waals surface area contributed by atoms with Crippen molar-refractivity contribution in [1.29, 1.82) is 0 Å². The minimum Gasteiger partial charge on any atom is -0.498 e. The first-order chi connectivity index (χ1) is 15.1. The van der Waals surface area contributed by atoms with Crippen molar-refractivity contribution in [2.24, 2.45) is 0 Å². The molecule has 8 nitrogen and oxygen atoms in total. The van der Waals surface area contributed by atoms with Crippen LogP contribution in [0.4, 0.5) is 5.82 Å². The van der Waals surface area contributed by atoms with E-state index in [0.29, 0.717) is 17.9 Å². The molecule has 0 aliphatic heterocycles. The van der Waals surface area contributed by atoms with Gasteiger partial charge in [0.05, 0.1) is 31.7 Å². The topological polar surface area (TPSA) is 87.0 Å². The van der Waals surface area contributed by atoms with Crippen molar-refractivity contribution in [2.75, 3.05) is 26.6 Å². The Bertz CT molecular complexity index is 1150. The molecule has 0 bridgehead atoms. The number of ether oxygens (including phenoxy) is 3. The first-order valence-electron chi connectivity index (χ1n) is 9.86. The van der Waals surface area contributed by atoms with Crippen molar-refractivity contribution in [3.8, 4) is 0 Å². The third-order valence-corrected chi connectivity index (χ3v) is 5.25. The molecule has 1 aromatic carbocycles. The van der Waals surface area contributed by atoms with Crippen LogP contribution in [0.2, 0.25) is 0 Å². The molecular formula is C23H24N4O4. The van der Waals surface area contributed by atoms with E-state index in [9.17, 15) is 4.79 Å². The van der Waals surface area contributed by atoms with Gasteiger partial charge in [-0.3, -0.25) is 4.40 Å². The highest BCUT2D eigenvalue weighted by molar-refractivity contribution is 5.89. The smallest absolute Gasteiger partial charge is 0.337 e. The Morgan fingerprint density at radius 3 is 2.71 bits per heavy atom. The Kier molecular flexibility index (Phi) is 5.99. The third-order valence-electron chi connectivity index (χ3n) is 5.25. The van der Waals surface area contributed by atoms with Crippen LogP contribution in [-0.4, -0.2) is 47.8 Å². The second-order valence-electron chi connectivity index (χ2n) is 7.03. The Labute approximate surface area is 180 Å². The first-order valence-corrected chi connectivity index (χ1v) is 9.86. The highest BCUT2D eigenvalue weighted by Crippen LogP contribution is 2.28. The van der Waals surface area contributed by atoms with E-state index in [1.807, 2.05) is 35.0 Å². The minimum atomic E-state index is -0.352. The van der Waals surface area contributed by atoms with E-state index in [2.05, 4.69) is 21.4 Å². The van der Waals surface area contributed by atoms with E-state index in [-0.39, 0.29) is 12.1 Å². The summed E-state index contributed by atoms with van der Waals surface area (Å²) in [6.07, 6.45) is 10.2. The van der Waals surface area contributed by atoms with Gasteiger partial charge in [0.15, 0.2) is 11.5 Å². The van der Waals surface area contributed by atoms with Crippen LogP contribution in [0.5, 0.6) is 0 Å². The highest BCUT2D eigenvalue weighted by atomic mass is 16.5. The van der Waals surface area contributed by atoms with Gasteiger partial charge in [0.25, 0.3) is 0 Å². The Morgan fingerprint density at radius 1 is 1.19 bits per heavy atom. The summed E-state index contributed by atoms with van der Waals surface area (Å²) in [7, 11) is 4.70. The zero-order valence-corrected chi connectivity index (χ0v) is 17.7. The Hall–Kier alpha value is -3.65. The predicted molar refractivity (Wildman–Crippen MR) is 117 cm³/mol. The van der Waals surface area contributed by atoms with Gasteiger partial charge in [-0.1, -0.05) is 18.2 Å². The number of carbonyl (C=O) groups is 1. The Balaban J connectivity index is 1.55. The van der Waals surface area contributed by atoms with Gasteiger partial charge >= 0.3 is 5.97 Å². The highest BCUT2D eigenvalue weighted by Gasteiger charge is 2.21. The normalized spacial score (nSPS) is 15.9. The number of fused-ring (bicyclic) bond motifs is 1. The summed E-state index contributed by atoms with van der Waals surface area (Å²) in [5.41, 5.74) is 4.23. The number of nitrogens with one attached hydrogen (secondary N) is 1. The number of hydrogen-bond donors (Lipinski definition) is 1. The van der Waals surface area contributed by atoms with E-state index < -0.39 is 0 Å². The molecule has 0 fully saturated rings. The van der Waals surface area contributed by atoms with Gasteiger partial charge in [0, 0.05) is 26.0 Å². The second kappa shape index (κ2) is 9.01. The molecule has 0 saturated heterocycles. The van der Waals surface area contributed by atoms with Crippen LogP contribution in [0.25, 0.3) is 11.2 Å². The van der Waals surface area contributed by atoms with E-state index in [4.69, 9.17) is 14.2 Å². The molecule has 8 heteroatoms. The van der Waals surface area contributed by atoms with Crippen molar-refractivity contribution in [3.05, 3.63) is 77.6 Å². The summed E-state index contributed by atoms with van der Waals surface area (Å²) in [6, 6.07) is 7.25. The molecule has 31 heavy (non-hydrogen) atoms. The molecule has 4 rings (SSSR count). The third kappa shape index (κ3) is 4.15. The van der Waals surface area contributed by atoms with Crippen LogP contribution in [0.15, 0.2) is 60.8 Å². The molecule has 1 aliphatic carbocycles. The molecule has 3 aromatic rings. The number of esters is 1. The molecule has 2 heterocycles. The van der Waals surface area contributed by atoms with Crippen molar-refractivity contribution in [2.45, 2.75) is 19.1 Å². The number of rotatable bonds is 7. The maximum Gasteiger partial charge on any atom is 0.337 e. The standard InChI is InChI=1S/C23H24N4O4/c1-29-19-9-8-17(12-20(19)30-2)18-14-26-22-21(24-10-11-27(18)22)25-13-15-4-6-16(7-5-15)23(28)31-3/h4-8,10-12,14,19H,9,13H2,1-3H3,(H,24,25). The molecule has 2 aromatic heterocycles. The lowest BCUT2D eigenvalue weighted by Gasteiger charge is -2.21. The fourth-order valence-electron chi connectivity index (χ4n) is 3.56. The molecule has 0 saturated carbocycles. The summed E-state index contributed by atoms with van der Waals surface area (Å²) in [5, 5.41) is 3.33. The van der Waals surface area contributed by atoms with Gasteiger partial charge in [-0.2, -0.15) is 0 Å². The first kappa shape index (κ1) is 20.6. The summed E-state index contributed by atoms with van der Waals surface area (Å²) in [4.78, 5) is 20.6. The SMILES string of the molecule is COC(=O)c1ccc(CNc2nccn3c(C4=CCC(OC)C(OC)=C4)cnc23)cc1. The zero-order valence-electron chi connectivity index (χ0n) is 17.7. The molecule has 1 aliphatic rings. The average molecular weight is 420 g/mol. The number of carbonyl (C=O) groups excluding carboxylic acids is 1. The molecule has 160 valence electrons. The maximum atomic E-state index is 11.6. The molecule has 0 amide bonds. The number of nitrogens with zero attached hydrogens (tertiary/aromatic N) is 3. The van der Waals surface area contributed by atoms with Crippen molar-refractivity contribution in [3.63, 3.8) is 0 Å². The molecule has 1 N–H and O–H groups in total. The summed E-state index contributed by atoms with van der Waals surface area (Å²) in [6.45, 7) is 0.544. The lowest BCUT2D eigenvalue weighted by Crippen LogP contribution is -2.17. The van der Waals surface area contributed by atoms with Gasteiger partial charge < -0.3 is 19.5 Å². The summed E-state index contributed by atoms with van der Waals surface area (Å²) >= 11 is 0. The zero-order chi connectivity index (χ0) is 21.8. The number of allylic oxidation sites excluding steroid dienone is 2. The van der Waals surface area contributed by atoms with Crippen molar-refractivity contribution >= 4 is 23.0 Å². The van der Waals surface area contributed by atoms with Gasteiger partial charge in [0.2, 0.25) is 0 Å². The fraction of sp³-hybridized carbons (Fsp3) is 0.261. The summed E-state index contributed by atoms with van der Waals surface area (Å²) in [5.74, 6) is 1.11. The van der Waals surface area contributed by atoms with Crippen molar-refractivity contribution in [1.82, 2.24) is 14.4 Å². The molecule has 0 spiro atoms. The second-order valence-corrected chi connectivity index (χ2v) is 7.03. The van der Waals surface area contributed by atoms with Gasteiger partial charge in [0.1, 0.15) is 11.9 Å². The van der Waals surface area contributed by atoms with Crippen LogP contribution in [0, 0.1) is 0 Å². The van der Waals surface area contributed by atoms with E-state index in [1.165, 1.54) is 7.11 Å². The monoisotopic (exact) mass is 420 g/mol. The number of hydrogen-bond acceptors (Lipinski definition) is 7. The van der Waals surface area contributed by atoms with Gasteiger partial charge in [-0.15, -0.1) is 0 Å². The number of aromatic nitrogens is 3. The number of anilines is 1. The van der Waals surface area contributed by atoms with E-state index in [0.717, 1.165) is 34.7 Å². The number of methoxy groups -OCH3 is 3. The maximum absolute atomic E-state index is 11.6. The molecule has 1 atom stereocenters. The lowest BCUT2D eigenvalue weighted by atomic mass is 10.0. The molecular weight excluding hydrogens is 396 g/mol. The number of imidazole rings is 1. The van der Waals surface area contributed by atoms with Crippen LogP contribution in [0.3, 0.4) is 0 Å². The van der Waals surface area contributed by atoms with Crippen LogP contribution in [0.1, 0.15) is 28.0 Å². The largest absolute Gasteiger partial charge is 0.498 e. The van der Waals surface area contributed by atoms with E-state index in [1.54, 1.807) is 32.5 Å². The molecule has 0 radical (unpaired) electrons. The van der Waals surface area contributed by atoms with Crippen LogP contribution in [-0.2, 0) is 20.8 Å². The van der Waals surface area contributed by atoms with Crippen LogP contribution >= 0.6 is 0 Å². The predicted octanol–water partition coefficient (Wildman–Crippen LogP) is 3.46. The minimum absolute atomic E-state index is 0.0719. The quantitative estimate of drug-likeness (QED) is 0.586. The van der Waals surface area contributed by atoms with Crippen molar-refractivity contribution < 1.29 is 19.0 Å². The van der Waals surface area contributed by atoms with E-state index >= 15 is 0 Å². The Morgan fingerprint density at radius 2 is 2.00 bits per heavy atom. The van der Waals surface area contributed by atoms with Gasteiger partial charge in [-0.25, -0.2) is 14.8 Å². The molecule has 1 unspecified atom stereocenters. The lowest BCUT2D eigenvalue weighted by molar-refractivity contribution is 0.0600. The average Bonchev–Trinajstić information content (AvgIpc) is 3.27. The van der Waals surface area contributed by atoms with Gasteiger partial charge in [-0.05, 0) is 35.8 Å². The fourth-order valence-corrected chi connectivity index (χ4v) is 3.56. The summed E-state index contributed by atoms with van der Waals surface area (Å²) < 4.78 is 17.7.